The highest BCUT2D eigenvalue weighted by molar-refractivity contribution is 5.71. The molecule has 0 bridgehead atoms. The maximum atomic E-state index is 12.5. The second-order valence-electron chi connectivity index (χ2n) is 14.9. The van der Waals surface area contributed by atoms with E-state index in [9.17, 15) is 14.4 Å². The third-order valence-electron chi connectivity index (χ3n) is 9.65. The van der Waals surface area contributed by atoms with Crippen molar-refractivity contribution in [2.45, 2.75) is 225 Å². The third kappa shape index (κ3) is 40.4. The average Bonchev–Trinajstić information content (AvgIpc) is 3.17. The van der Waals surface area contributed by atoms with Gasteiger partial charge in [0, 0.05) is 30.7 Å². The summed E-state index contributed by atoms with van der Waals surface area (Å²) in [6.07, 6.45) is 42.3. The molecule has 0 spiro atoms. The fourth-order valence-corrected chi connectivity index (χ4v) is 6.23. The van der Waals surface area contributed by atoms with Crippen molar-refractivity contribution < 1.29 is 28.6 Å². The molecule has 0 amide bonds. The summed E-state index contributed by atoms with van der Waals surface area (Å²) in [6.45, 7) is 4.64. The van der Waals surface area contributed by atoms with Crippen LogP contribution in [0.3, 0.4) is 0 Å². The predicted molar refractivity (Wildman–Crippen MR) is 223 cm³/mol. The Morgan fingerprint density at radius 1 is 0.481 bits per heavy atom. The van der Waals surface area contributed by atoms with Gasteiger partial charge in [-0.05, 0) is 82.6 Å². The first kappa shape index (κ1) is 51.2. The Kier molecular flexibility index (Phi) is 40.7. The SMILES string of the molecule is CCCCCCCC/C=C\CCCCCCCC(=O)OCC(COC(=O)CCCCCCC/C=C\CCCCCCCC)OC(=O)CCCCCN=[N+]=[N-]. The lowest BCUT2D eigenvalue weighted by molar-refractivity contribution is -0.167. The Bertz CT molecular complexity index is 922. The van der Waals surface area contributed by atoms with Crippen molar-refractivity contribution in [1.82, 2.24) is 0 Å². The van der Waals surface area contributed by atoms with Crippen molar-refractivity contribution in [1.29, 1.82) is 0 Å². The lowest BCUT2D eigenvalue weighted by atomic mass is 10.1. The topological polar surface area (TPSA) is 128 Å². The lowest BCUT2D eigenvalue weighted by Crippen LogP contribution is -2.30. The molecule has 312 valence electrons. The number of hydrogen-bond donors (Lipinski definition) is 0. The van der Waals surface area contributed by atoms with Crippen LogP contribution in [0.2, 0.25) is 0 Å². The molecule has 0 saturated heterocycles. The molecule has 0 rings (SSSR count). The van der Waals surface area contributed by atoms with Crippen LogP contribution in [0.4, 0.5) is 0 Å². The van der Waals surface area contributed by atoms with Gasteiger partial charge in [0.15, 0.2) is 6.10 Å². The molecule has 0 heterocycles. The minimum Gasteiger partial charge on any atom is -0.462 e. The first-order valence-electron chi connectivity index (χ1n) is 22.3. The first-order valence-corrected chi connectivity index (χ1v) is 22.3. The standard InChI is InChI=1S/C45H81N3O6/c1-3-5-7-9-11-13-15-17-19-21-23-25-27-29-32-36-43(49)52-40-42(54-45(51)38-34-31-35-39-47-48-46)41-53-44(50)37-33-30-28-26-24-22-20-18-16-14-12-10-8-6-4-2/h17-20,42H,3-16,21-41H2,1-2H3/b19-17-,20-18-. The van der Waals surface area contributed by atoms with E-state index in [0.717, 1.165) is 70.6 Å². The van der Waals surface area contributed by atoms with E-state index >= 15 is 0 Å². The number of allylic oxidation sites excluding steroid dienone is 4. The van der Waals surface area contributed by atoms with Crippen LogP contribution in [0.25, 0.3) is 10.4 Å². The molecule has 0 fully saturated rings. The smallest absolute Gasteiger partial charge is 0.306 e. The van der Waals surface area contributed by atoms with E-state index in [-0.39, 0.29) is 31.6 Å². The van der Waals surface area contributed by atoms with Gasteiger partial charge in [0.25, 0.3) is 0 Å². The van der Waals surface area contributed by atoms with Crippen molar-refractivity contribution in [3.8, 4) is 0 Å². The van der Waals surface area contributed by atoms with E-state index in [1.807, 2.05) is 0 Å². The Labute approximate surface area is 330 Å². The van der Waals surface area contributed by atoms with Gasteiger partial charge in [-0.25, -0.2) is 0 Å². The van der Waals surface area contributed by atoms with Crippen LogP contribution >= 0.6 is 0 Å². The second kappa shape index (κ2) is 42.9. The van der Waals surface area contributed by atoms with Gasteiger partial charge in [-0.15, -0.1) is 0 Å². The average molecular weight is 760 g/mol. The van der Waals surface area contributed by atoms with E-state index < -0.39 is 12.1 Å². The summed E-state index contributed by atoms with van der Waals surface area (Å²) in [5, 5.41) is 3.51. The molecule has 0 unspecified atom stereocenters. The zero-order chi connectivity index (χ0) is 39.4. The Morgan fingerprint density at radius 3 is 1.20 bits per heavy atom. The molecule has 0 saturated carbocycles. The minimum atomic E-state index is -0.836. The molecular weight excluding hydrogens is 679 g/mol. The number of nitrogens with zero attached hydrogens (tertiary/aromatic N) is 3. The van der Waals surface area contributed by atoms with E-state index in [2.05, 4.69) is 48.2 Å². The summed E-state index contributed by atoms with van der Waals surface area (Å²) in [5.41, 5.74) is 8.40. The fourth-order valence-electron chi connectivity index (χ4n) is 6.23. The number of carbonyl (C=O) groups is 3. The molecule has 0 aliphatic rings. The van der Waals surface area contributed by atoms with Gasteiger partial charge in [0.2, 0.25) is 0 Å². The van der Waals surface area contributed by atoms with E-state index in [1.165, 1.54) is 103 Å². The maximum Gasteiger partial charge on any atom is 0.306 e. The molecule has 0 aromatic rings. The van der Waals surface area contributed by atoms with Gasteiger partial charge in [0.1, 0.15) is 13.2 Å². The lowest BCUT2D eigenvalue weighted by Gasteiger charge is -2.18. The molecule has 54 heavy (non-hydrogen) atoms. The molecule has 0 aromatic heterocycles. The molecular formula is C45H81N3O6. The summed E-state index contributed by atoms with van der Waals surface area (Å²) < 4.78 is 16.5. The van der Waals surface area contributed by atoms with Crippen molar-refractivity contribution in [3.63, 3.8) is 0 Å². The van der Waals surface area contributed by atoms with Crippen molar-refractivity contribution in [3.05, 3.63) is 34.7 Å². The summed E-state index contributed by atoms with van der Waals surface area (Å²) in [4.78, 5) is 40.1. The zero-order valence-electron chi connectivity index (χ0n) is 34.9. The molecule has 0 atom stereocenters. The van der Waals surface area contributed by atoms with Crippen LogP contribution in [0.5, 0.6) is 0 Å². The number of hydrogen-bond acceptors (Lipinski definition) is 7. The van der Waals surface area contributed by atoms with E-state index in [4.69, 9.17) is 19.7 Å². The number of rotatable bonds is 41. The van der Waals surface area contributed by atoms with E-state index in [0.29, 0.717) is 32.2 Å². The normalized spacial score (nSPS) is 11.4. The number of azide groups is 1. The first-order chi connectivity index (χ1) is 26.5. The Balaban J connectivity index is 4.24. The maximum absolute atomic E-state index is 12.5. The van der Waals surface area contributed by atoms with Gasteiger partial charge in [-0.3, -0.25) is 14.4 Å². The molecule has 9 heteroatoms. The Morgan fingerprint density at radius 2 is 0.815 bits per heavy atom. The van der Waals surface area contributed by atoms with E-state index in [1.54, 1.807) is 0 Å². The van der Waals surface area contributed by atoms with Gasteiger partial charge in [-0.1, -0.05) is 152 Å². The van der Waals surface area contributed by atoms with Gasteiger partial charge in [-0.2, -0.15) is 0 Å². The molecule has 0 aromatic carbocycles. The van der Waals surface area contributed by atoms with Gasteiger partial charge >= 0.3 is 17.9 Å². The number of ether oxygens (including phenoxy) is 3. The predicted octanol–water partition coefficient (Wildman–Crippen LogP) is 13.9. The van der Waals surface area contributed by atoms with Gasteiger partial charge < -0.3 is 14.2 Å². The Hall–Kier alpha value is -2.80. The zero-order valence-corrected chi connectivity index (χ0v) is 34.9. The van der Waals surface area contributed by atoms with Gasteiger partial charge in [0.05, 0.1) is 0 Å². The minimum absolute atomic E-state index is 0.132. The molecule has 0 aliphatic carbocycles. The summed E-state index contributed by atoms with van der Waals surface area (Å²) in [7, 11) is 0. The van der Waals surface area contributed by atoms with Crippen LogP contribution in [0, 0.1) is 0 Å². The third-order valence-corrected chi connectivity index (χ3v) is 9.65. The highest BCUT2D eigenvalue weighted by atomic mass is 16.6. The highest BCUT2D eigenvalue weighted by Gasteiger charge is 2.19. The van der Waals surface area contributed by atoms with Crippen molar-refractivity contribution in [2.75, 3.05) is 19.8 Å². The summed E-state index contributed by atoms with van der Waals surface area (Å²) >= 11 is 0. The quantitative estimate of drug-likeness (QED) is 0.0116. The molecule has 0 N–H and O–H groups in total. The highest BCUT2D eigenvalue weighted by Crippen LogP contribution is 2.13. The van der Waals surface area contributed by atoms with Crippen LogP contribution in [-0.4, -0.2) is 43.8 Å². The molecule has 9 nitrogen and oxygen atoms in total. The van der Waals surface area contributed by atoms with Crippen molar-refractivity contribution >= 4 is 17.9 Å². The number of carbonyl (C=O) groups excluding carboxylic acids is 3. The van der Waals surface area contributed by atoms with Crippen LogP contribution in [-0.2, 0) is 28.6 Å². The van der Waals surface area contributed by atoms with Crippen molar-refractivity contribution in [2.24, 2.45) is 5.11 Å². The summed E-state index contributed by atoms with van der Waals surface area (Å²) in [6, 6.07) is 0. The van der Waals surface area contributed by atoms with Crippen LogP contribution < -0.4 is 0 Å². The summed E-state index contributed by atoms with van der Waals surface area (Å²) in [5.74, 6) is -1.08. The molecule has 0 aliphatic heterocycles. The van der Waals surface area contributed by atoms with Crippen LogP contribution in [0.15, 0.2) is 29.4 Å². The number of unbranched alkanes of at least 4 members (excludes halogenated alkanes) is 24. The number of esters is 3. The van der Waals surface area contributed by atoms with Crippen LogP contribution in [0.1, 0.15) is 219 Å². The molecule has 0 radical (unpaired) electrons. The second-order valence-corrected chi connectivity index (χ2v) is 14.9. The fraction of sp³-hybridized carbons (Fsp3) is 0.844. The largest absolute Gasteiger partial charge is 0.462 e. The monoisotopic (exact) mass is 760 g/mol.